The van der Waals surface area contributed by atoms with Gasteiger partial charge in [0.2, 0.25) is 6.08 Å². The van der Waals surface area contributed by atoms with Gasteiger partial charge >= 0.3 is 0 Å². The van der Waals surface area contributed by atoms with Crippen LogP contribution in [0.1, 0.15) is 23.6 Å². The van der Waals surface area contributed by atoms with Gasteiger partial charge in [0.05, 0.1) is 6.54 Å². The average Bonchev–Trinajstić information content (AvgIpc) is 2.85. The lowest BCUT2D eigenvalue weighted by Gasteiger charge is -2.05. The van der Waals surface area contributed by atoms with Crippen LogP contribution in [0.4, 0.5) is 4.39 Å². The molecule has 2 nitrogen and oxygen atoms in total. The van der Waals surface area contributed by atoms with Gasteiger partial charge in [-0.25, -0.2) is 14.2 Å². The monoisotopic (exact) mass is 337 g/mol. The van der Waals surface area contributed by atoms with Crippen LogP contribution in [0, 0.1) is 5.82 Å². The van der Waals surface area contributed by atoms with Gasteiger partial charge < -0.3 is 0 Å². The van der Waals surface area contributed by atoms with Crippen LogP contribution < -0.4 is 0 Å². The molecule has 2 aromatic carbocycles. The summed E-state index contributed by atoms with van der Waals surface area (Å²) in [5, 5.41) is 0. The van der Waals surface area contributed by atoms with Crippen molar-refractivity contribution in [3.8, 4) is 0 Å². The van der Waals surface area contributed by atoms with E-state index in [4.69, 9.17) is 0 Å². The summed E-state index contributed by atoms with van der Waals surface area (Å²) in [6.45, 7) is 2.20. The molecule has 0 atom stereocenters. The van der Waals surface area contributed by atoms with E-state index in [1.54, 1.807) is 23.9 Å². The molecule has 0 saturated carbocycles. The molecule has 0 spiro atoms. The predicted molar refractivity (Wildman–Crippen MR) is 98.1 cm³/mol. The maximum absolute atomic E-state index is 13.7. The molecule has 120 valence electrons. The minimum atomic E-state index is -0.292. The molecule has 0 bridgehead atoms. The average molecular weight is 337 g/mol. The first-order valence-corrected chi connectivity index (χ1v) is 8.76. The first-order chi connectivity index (χ1) is 11.6. The molecule has 0 aliphatic heterocycles. The van der Waals surface area contributed by atoms with E-state index in [1.165, 1.54) is 17.0 Å². The van der Waals surface area contributed by atoms with Gasteiger partial charge in [-0.2, -0.15) is 0 Å². The van der Waals surface area contributed by atoms with E-state index in [2.05, 4.69) is 35.3 Å². The first kappa shape index (κ1) is 16.4. The lowest BCUT2D eigenvalue weighted by atomic mass is 10.0. The minimum Gasteiger partial charge on any atom is -0.211 e. The third kappa shape index (κ3) is 3.12. The van der Waals surface area contributed by atoms with Crippen LogP contribution in [0.2, 0.25) is 0 Å². The number of rotatable bonds is 4. The van der Waals surface area contributed by atoms with E-state index in [9.17, 15) is 9.18 Å². The van der Waals surface area contributed by atoms with E-state index >= 15 is 0 Å². The fraction of sp³-hybridized carbons (Fsp3) is 0.150. The number of aliphatic imine (C=N–C) groups is 1. The third-order valence-corrected chi connectivity index (χ3v) is 4.93. The highest BCUT2D eigenvalue weighted by atomic mass is 32.2. The standard InChI is InChI=1S/C20H16FNOS/c1-13-18(9-14-3-6-16(24-2)7-4-14)17-8-5-15(21)10-19(17)20(13)11-22-12-23/h3-10H,11H2,1-2H3. The maximum Gasteiger partial charge on any atom is 0.235 e. The summed E-state index contributed by atoms with van der Waals surface area (Å²) >= 11 is 1.70. The summed E-state index contributed by atoms with van der Waals surface area (Å²) in [6.07, 6.45) is 5.70. The second-order valence-electron chi connectivity index (χ2n) is 5.53. The van der Waals surface area contributed by atoms with Crippen molar-refractivity contribution in [2.24, 2.45) is 4.99 Å². The van der Waals surface area contributed by atoms with Crippen LogP contribution in [0.3, 0.4) is 0 Å². The quantitative estimate of drug-likeness (QED) is 0.435. The Hall–Kier alpha value is -2.42. The van der Waals surface area contributed by atoms with Crippen LogP contribution >= 0.6 is 11.8 Å². The van der Waals surface area contributed by atoms with Crippen molar-refractivity contribution in [1.29, 1.82) is 0 Å². The molecule has 0 saturated heterocycles. The second kappa shape index (κ2) is 7.00. The molecule has 0 aromatic heterocycles. The molecular weight excluding hydrogens is 321 g/mol. The van der Waals surface area contributed by atoms with Crippen molar-refractivity contribution in [1.82, 2.24) is 0 Å². The number of isocyanates is 1. The lowest BCUT2D eigenvalue weighted by Crippen LogP contribution is -1.89. The van der Waals surface area contributed by atoms with Crippen molar-refractivity contribution in [3.63, 3.8) is 0 Å². The minimum absolute atomic E-state index is 0.217. The van der Waals surface area contributed by atoms with Gasteiger partial charge in [0.25, 0.3) is 0 Å². The topological polar surface area (TPSA) is 29.4 Å². The van der Waals surface area contributed by atoms with Crippen molar-refractivity contribution >= 4 is 35.1 Å². The number of hydrogen-bond acceptors (Lipinski definition) is 3. The van der Waals surface area contributed by atoms with Gasteiger partial charge in [-0.1, -0.05) is 18.2 Å². The Bertz CT molecular complexity index is 890. The highest BCUT2D eigenvalue weighted by Gasteiger charge is 2.23. The molecule has 0 radical (unpaired) electrons. The zero-order valence-corrected chi connectivity index (χ0v) is 14.3. The molecule has 1 aliphatic rings. The van der Waals surface area contributed by atoms with Crippen molar-refractivity contribution in [2.75, 3.05) is 12.8 Å². The summed E-state index contributed by atoms with van der Waals surface area (Å²) < 4.78 is 13.7. The maximum atomic E-state index is 13.7. The summed E-state index contributed by atoms with van der Waals surface area (Å²) in [4.78, 5) is 15.4. The number of fused-ring (bicyclic) bond motifs is 1. The van der Waals surface area contributed by atoms with Gasteiger partial charge in [0, 0.05) is 4.90 Å². The van der Waals surface area contributed by atoms with E-state index in [-0.39, 0.29) is 12.4 Å². The summed E-state index contributed by atoms with van der Waals surface area (Å²) in [6, 6.07) is 13.0. The zero-order chi connectivity index (χ0) is 17.1. The van der Waals surface area contributed by atoms with Gasteiger partial charge in [0.15, 0.2) is 0 Å². The number of nitrogens with zero attached hydrogens (tertiary/aromatic N) is 1. The van der Waals surface area contributed by atoms with Gasteiger partial charge in [-0.3, -0.25) is 0 Å². The molecule has 1 aliphatic carbocycles. The Labute approximate surface area is 144 Å². The second-order valence-corrected chi connectivity index (χ2v) is 6.41. The van der Waals surface area contributed by atoms with E-state index in [1.807, 2.05) is 13.2 Å². The highest BCUT2D eigenvalue weighted by Crippen LogP contribution is 2.42. The molecule has 0 N–H and O–H groups in total. The number of allylic oxidation sites excluding steroid dienone is 2. The molecule has 0 heterocycles. The highest BCUT2D eigenvalue weighted by molar-refractivity contribution is 7.98. The van der Waals surface area contributed by atoms with Crippen molar-refractivity contribution in [3.05, 3.63) is 70.5 Å². The van der Waals surface area contributed by atoms with Gasteiger partial charge in [0.1, 0.15) is 5.82 Å². The molecule has 0 fully saturated rings. The molecule has 0 amide bonds. The fourth-order valence-electron chi connectivity index (χ4n) is 2.94. The number of benzene rings is 2. The molecule has 0 unspecified atom stereocenters. The van der Waals surface area contributed by atoms with Crippen LogP contribution in [0.15, 0.2) is 57.9 Å². The van der Waals surface area contributed by atoms with E-state index < -0.39 is 0 Å². The van der Waals surface area contributed by atoms with E-state index in [0.717, 1.165) is 33.4 Å². The Morgan fingerprint density at radius 2 is 1.92 bits per heavy atom. The summed E-state index contributed by atoms with van der Waals surface area (Å²) in [5.74, 6) is -0.292. The van der Waals surface area contributed by atoms with Gasteiger partial charge in [-0.05, 0) is 76.9 Å². The Morgan fingerprint density at radius 1 is 1.17 bits per heavy atom. The first-order valence-electron chi connectivity index (χ1n) is 7.54. The molecule has 2 aromatic rings. The van der Waals surface area contributed by atoms with Crippen LogP contribution in [-0.2, 0) is 4.79 Å². The molecule has 3 rings (SSSR count). The molecular formula is C20H16FNOS. The van der Waals surface area contributed by atoms with Crippen molar-refractivity contribution < 1.29 is 9.18 Å². The van der Waals surface area contributed by atoms with Crippen molar-refractivity contribution in [2.45, 2.75) is 11.8 Å². The fourth-order valence-corrected chi connectivity index (χ4v) is 3.34. The van der Waals surface area contributed by atoms with Crippen LogP contribution in [-0.4, -0.2) is 18.9 Å². The number of hydrogen-bond donors (Lipinski definition) is 0. The number of halogens is 1. The van der Waals surface area contributed by atoms with Crippen LogP contribution in [0.25, 0.3) is 17.2 Å². The Balaban J connectivity index is 2.11. The SMILES string of the molecule is CSc1ccc(C=C2C(C)=C(CN=C=O)c3cc(F)ccc32)cc1. The molecule has 4 heteroatoms. The number of thioether (sulfide) groups is 1. The Morgan fingerprint density at radius 3 is 2.58 bits per heavy atom. The predicted octanol–water partition coefficient (Wildman–Crippen LogP) is 5.21. The van der Waals surface area contributed by atoms with Gasteiger partial charge in [-0.15, -0.1) is 11.8 Å². The largest absolute Gasteiger partial charge is 0.235 e. The zero-order valence-electron chi connectivity index (χ0n) is 13.5. The lowest BCUT2D eigenvalue weighted by molar-refractivity contribution is 0.564. The summed E-state index contributed by atoms with van der Waals surface area (Å²) in [7, 11) is 0. The van der Waals surface area contributed by atoms with E-state index in [0.29, 0.717) is 0 Å². The smallest absolute Gasteiger partial charge is 0.211 e. The third-order valence-electron chi connectivity index (χ3n) is 4.18. The normalized spacial score (nSPS) is 14.7. The molecule has 24 heavy (non-hydrogen) atoms. The Kier molecular flexibility index (Phi) is 4.79. The summed E-state index contributed by atoms with van der Waals surface area (Å²) in [5.41, 5.74) is 5.79. The van der Waals surface area contributed by atoms with Crippen LogP contribution in [0.5, 0.6) is 0 Å². The number of carbonyl (C=O) groups excluding carboxylic acids is 1.